The van der Waals surface area contributed by atoms with Crippen LogP contribution in [0.4, 0.5) is 10.1 Å². The molecule has 6 rings (SSSR count). The van der Waals surface area contributed by atoms with Gasteiger partial charge in [-0.2, -0.15) is 0 Å². The maximum absolute atomic E-state index is 13.8. The lowest BCUT2D eigenvalue weighted by Crippen LogP contribution is -2.43. The molecule has 0 saturated carbocycles. The Balaban J connectivity index is 1.42. The van der Waals surface area contributed by atoms with E-state index in [4.69, 9.17) is 4.74 Å². The van der Waals surface area contributed by atoms with Crippen LogP contribution in [0.1, 0.15) is 16.4 Å². The first-order valence-corrected chi connectivity index (χ1v) is 13.6. The van der Waals surface area contributed by atoms with E-state index >= 15 is 0 Å². The highest BCUT2D eigenvalue weighted by atomic mass is 32.2. The first-order valence-electron chi connectivity index (χ1n) is 11.9. The summed E-state index contributed by atoms with van der Waals surface area (Å²) in [6, 6.07) is 14.6. The number of anilines is 1. The van der Waals surface area contributed by atoms with Crippen molar-refractivity contribution in [1.29, 1.82) is 0 Å². The van der Waals surface area contributed by atoms with Crippen LogP contribution in [0.5, 0.6) is 0 Å². The minimum absolute atomic E-state index is 0.139. The van der Waals surface area contributed by atoms with Gasteiger partial charge in [-0.3, -0.25) is 23.7 Å². The van der Waals surface area contributed by atoms with Crippen LogP contribution in [0.2, 0.25) is 0 Å². The smallest absolute Gasteiger partial charge is 0.308 e. The molecule has 0 bridgehead atoms. The lowest BCUT2D eigenvalue weighted by Gasteiger charge is -2.31. The SMILES string of the molecule is O=C(Cn1c2c(sc1=O)[C@H](c1ccccc1)C1C(=O)N(c3ccc(F)cc3)C(=O)C1S2)N1CCOCC1. The van der Waals surface area contributed by atoms with Gasteiger partial charge in [-0.15, -0.1) is 0 Å². The Bertz CT molecular complexity index is 1430. The molecular weight excluding hydrogens is 517 g/mol. The van der Waals surface area contributed by atoms with Gasteiger partial charge in [0.15, 0.2) is 0 Å². The van der Waals surface area contributed by atoms with Crippen molar-refractivity contribution in [2.24, 2.45) is 5.92 Å². The number of halogens is 1. The topological polar surface area (TPSA) is 88.9 Å². The molecule has 2 aromatic carbocycles. The van der Waals surface area contributed by atoms with Crippen LogP contribution < -0.4 is 9.77 Å². The third-order valence-corrected chi connectivity index (χ3v) is 9.55. The number of morpholine rings is 1. The number of hydrogen-bond donors (Lipinski definition) is 0. The highest BCUT2D eigenvalue weighted by Gasteiger charge is 2.56. The van der Waals surface area contributed by atoms with E-state index in [1.807, 2.05) is 30.3 Å². The van der Waals surface area contributed by atoms with Gasteiger partial charge in [0.2, 0.25) is 17.7 Å². The van der Waals surface area contributed by atoms with Crippen LogP contribution in [0.25, 0.3) is 0 Å². The van der Waals surface area contributed by atoms with Gasteiger partial charge in [0.1, 0.15) is 17.6 Å². The predicted octanol–water partition coefficient (Wildman–Crippen LogP) is 2.70. The van der Waals surface area contributed by atoms with E-state index < -0.39 is 28.8 Å². The second-order valence-electron chi connectivity index (χ2n) is 9.06. The average Bonchev–Trinajstić information content (AvgIpc) is 3.36. The molecule has 3 aliphatic heterocycles. The Kier molecular flexibility index (Phi) is 6.21. The number of thiazole rings is 1. The van der Waals surface area contributed by atoms with Gasteiger partial charge >= 0.3 is 4.87 Å². The van der Waals surface area contributed by atoms with Crippen molar-refractivity contribution in [1.82, 2.24) is 9.47 Å². The van der Waals surface area contributed by atoms with Crippen molar-refractivity contribution < 1.29 is 23.5 Å². The van der Waals surface area contributed by atoms with Gasteiger partial charge in [0.25, 0.3) is 0 Å². The number of aromatic nitrogens is 1. The van der Waals surface area contributed by atoms with Crippen LogP contribution in [-0.2, 0) is 25.7 Å². The standard InChI is InChI=1S/C26H22FN3O5S2/c27-16-6-8-17(9-7-16)30-23(32)20-19(15-4-2-1-3-5-15)22-25(36-21(20)24(30)33)29(26(34)37-22)14-18(31)28-10-12-35-13-11-28/h1-9,19-21H,10-14H2/t19-,20?,21?/m1/s1. The van der Waals surface area contributed by atoms with E-state index in [1.165, 1.54) is 40.6 Å². The zero-order valence-electron chi connectivity index (χ0n) is 19.5. The zero-order chi connectivity index (χ0) is 25.7. The van der Waals surface area contributed by atoms with Gasteiger partial charge in [0.05, 0.1) is 29.8 Å². The highest BCUT2D eigenvalue weighted by molar-refractivity contribution is 8.00. The molecule has 0 aliphatic carbocycles. The molecule has 3 atom stereocenters. The fourth-order valence-electron chi connectivity index (χ4n) is 5.17. The molecule has 2 saturated heterocycles. The van der Waals surface area contributed by atoms with E-state index in [9.17, 15) is 23.6 Å². The summed E-state index contributed by atoms with van der Waals surface area (Å²) in [5.41, 5.74) is 1.12. The minimum Gasteiger partial charge on any atom is -0.378 e. The molecule has 0 radical (unpaired) electrons. The van der Waals surface area contributed by atoms with Crippen LogP contribution in [-0.4, -0.2) is 58.7 Å². The van der Waals surface area contributed by atoms with Crippen molar-refractivity contribution in [2.75, 3.05) is 31.2 Å². The average molecular weight is 540 g/mol. The molecule has 0 spiro atoms. The van der Waals surface area contributed by atoms with Crippen molar-refractivity contribution in [3.8, 4) is 0 Å². The van der Waals surface area contributed by atoms with Crippen LogP contribution in [0.15, 0.2) is 64.4 Å². The highest BCUT2D eigenvalue weighted by Crippen LogP contribution is 2.53. The van der Waals surface area contributed by atoms with Crippen LogP contribution in [0, 0.1) is 11.7 Å². The van der Waals surface area contributed by atoms with Crippen molar-refractivity contribution in [3.63, 3.8) is 0 Å². The molecule has 3 amide bonds. The van der Waals surface area contributed by atoms with Gasteiger partial charge in [-0.1, -0.05) is 53.4 Å². The van der Waals surface area contributed by atoms with Crippen molar-refractivity contribution in [3.05, 3.63) is 80.5 Å². The van der Waals surface area contributed by atoms with E-state index in [-0.39, 0.29) is 23.2 Å². The first-order chi connectivity index (χ1) is 17.9. The van der Waals surface area contributed by atoms with Crippen molar-refractivity contribution in [2.45, 2.75) is 22.7 Å². The summed E-state index contributed by atoms with van der Waals surface area (Å²) in [6.45, 7) is 1.69. The molecule has 2 fully saturated rings. The molecule has 2 unspecified atom stereocenters. The normalized spacial score (nSPS) is 23.2. The number of thioether (sulfide) groups is 1. The maximum atomic E-state index is 13.8. The monoisotopic (exact) mass is 539 g/mol. The first kappa shape index (κ1) is 24.1. The summed E-state index contributed by atoms with van der Waals surface area (Å²) in [5.74, 6) is -2.71. The van der Waals surface area contributed by atoms with Gasteiger partial charge in [-0.25, -0.2) is 9.29 Å². The Morgan fingerprint density at radius 3 is 2.38 bits per heavy atom. The number of hydrogen-bond acceptors (Lipinski definition) is 7. The lowest BCUT2D eigenvalue weighted by atomic mass is 9.83. The van der Waals surface area contributed by atoms with Gasteiger partial charge in [0, 0.05) is 23.9 Å². The summed E-state index contributed by atoms with van der Waals surface area (Å²) < 4.78 is 20.3. The molecule has 3 aromatic rings. The molecule has 37 heavy (non-hydrogen) atoms. The number of nitrogens with zero attached hydrogens (tertiary/aromatic N) is 3. The second-order valence-corrected chi connectivity index (χ2v) is 11.2. The summed E-state index contributed by atoms with van der Waals surface area (Å²) >= 11 is 2.19. The minimum atomic E-state index is -0.783. The number of carbonyl (C=O) groups excluding carboxylic acids is 3. The molecule has 3 aliphatic rings. The number of amides is 3. The number of ether oxygens (including phenoxy) is 1. The molecular formula is C26H22FN3O5S2. The number of rotatable bonds is 4. The Hall–Kier alpha value is -3.28. The number of benzene rings is 2. The van der Waals surface area contributed by atoms with Crippen LogP contribution in [0.3, 0.4) is 0 Å². The Labute approximate surface area is 219 Å². The predicted molar refractivity (Wildman–Crippen MR) is 136 cm³/mol. The summed E-state index contributed by atoms with van der Waals surface area (Å²) in [4.78, 5) is 56.7. The number of carbonyl (C=O) groups is 3. The van der Waals surface area contributed by atoms with E-state index in [0.717, 1.165) is 21.8 Å². The van der Waals surface area contributed by atoms with E-state index in [0.29, 0.717) is 41.9 Å². The molecule has 190 valence electrons. The summed E-state index contributed by atoms with van der Waals surface area (Å²) in [6.07, 6.45) is 0. The molecule has 11 heteroatoms. The largest absolute Gasteiger partial charge is 0.378 e. The van der Waals surface area contributed by atoms with Crippen LogP contribution >= 0.6 is 23.1 Å². The lowest BCUT2D eigenvalue weighted by molar-refractivity contribution is -0.136. The Morgan fingerprint density at radius 2 is 1.68 bits per heavy atom. The molecule has 1 aromatic heterocycles. The Morgan fingerprint density at radius 1 is 0.973 bits per heavy atom. The fourth-order valence-corrected chi connectivity index (χ4v) is 7.94. The van der Waals surface area contributed by atoms with E-state index in [2.05, 4.69) is 0 Å². The quantitative estimate of drug-likeness (QED) is 0.474. The summed E-state index contributed by atoms with van der Waals surface area (Å²) in [7, 11) is 0. The molecule has 8 nitrogen and oxygen atoms in total. The maximum Gasteiger partial charge on any atom is 0.308 e. The second kappa shape index (κ2) is 9.55. The number of imide groups is 1. The van der Waals surface area contributed by atoms with E-state index in [1.54, 1.807) is 4.90 Å². The molecule has 4 heterocycles. The number of fused-ring (bicyclic) bond motifs is 2. The van der Waals surface area contributed by atoms with Crippen molar-refractivity contribution >= 4 is 46.5 Å². The van der Waals surface area contributed by atoms with Gasteiger partial charge < -0.3 is 9.64 Å². The fraction of sp³-hybridized carbons (Fsp3) is 0.308. The molecule has 0 N–H and O–H groups in total. The third-order valence-electron chi connectivity index (χ3n) is 6.95. The van der Waals surface area contributed by atoms with Gasteiger partial charge in [-0.05, 0) is 29.8 Å². The zero-order valence-corrected chi connectivity index (χ0v) is 21.2. The summed E-state index contributed by atoms with van der Waals surface area (Å²) in [5, 5.41) is -0.234. The third kappa shape index (κ3) is 4.11.